The lowest BCUT2D eigenvalue weighted by Crippen LogP contribution is -2.52. The van der Waals surface area contributed by atoms with Crippen LogP contribution in [0.1, 0.15) is 94.8 Å². The number of carbonyl (C=O) groups is 4. The number of ketones is 1. The molecule has 0 aliphatic rings. The first-order valence-electron chi connectivity index (χ1n) is 14.5. The van der Waals surface area contributed by atoms with E-state index in [1.807, 2.05) is 71.9 Å². The van der Waals surface area contributed by atoms with Gasteiger partial charge in [0.05, 0.1) is 24.4 Å². The summed E-state index contributed by atoms with van der Waals surface area (Å²) in [6.07, 6.45) is 0.317. The number of amides is 2. The molecule has 0 aliphatic heterocycles. The zero-order chi connectivity index (χ0) is 31.4. The molecular formula is C31H46N4O6S. The quantitative estimate of drug-likeness (QED) is 0.0822. The van der Waals surface area contributed by atoms with Crippen LogP contribution in [-0.2, 0) is 25.7 Å². The fraction of sp³-hybridized carbons (Fsp3) is 0.581. The van der Waals surface area contributed by atoms with Crippen molar-refractivity contribution in [2.24, 2.45) is 29.5 Å². The highest BCUT2D eigenvalue weighted by Crippen LogP contribution is 2.30. The molecule has 2 unspecified atom stereocenters. The number of benzene rings is 1. The molecule has 0 bridgehead atoms. The van der Waals surface area contributed by atoms with Crippen molar-refractivity contribution >= 4 is 35.1 Å². The number of nitrogens with two attached hydrogens (primary N) is 1. The van der Waals surface area contributed by atoms with Crippen LogP contribution in [0.15, 0.2) is 35.7 Å². The summed E-state index contributed by atoms with van der Waals surface area (Å²) in [6.45, 7) is 13.7. The van der Waals surface area contributed by atoms with E-state index in [2.05, 4.69) is 10.3 Å². The van der Waals surface area contributed by atoms with E-state index in [4.69, 9.17) is 15.3 Å². The maximum Gasteiger partial charge on any atom is 0.408 e. The maximum atomic E-state index is 14.0. The van der Waals surface area contributed by atoms with Gasteiger partial charge in [-0.15, -0.1) is 11.3 Å². The summed E-state index contributed by atoms with van der Waals surface area (Å²) < 4.78 is 10.4. The number of alkyl carbamates (subject to hydrolysis) is 1. The van der Waals surface area contributed by atoms with E-state index in [0.717, 1.165) is 21.9 Å². The van der Waals surface area contributed by atoms with Crippen LogP contribution in [-0.4, -0.2) is 46.4 Å². The number of thiazole rings is 1. The first kappa shape index (κ1) is 34.9. The number of rotatable bonds is 16. The van der Waals surface area contributed by atoms with Crippen LogP contribution in [0.5, 0.6) is 0 Å². The largest absolute Gasteiger partial charge is 0.461 e. The number of nitrogens with one attached hydrogen (secondary N) is 1. The summed E-state index contributed by atoms with van der Waals surface area (Å²) in [5.74, 6) is 4.07. The lowest BCUT2D eigenvalue weighted by atomic mass is 9.85. The van der Waals surface area contributed by atoms with E-state index in [1.165, 1.54) is 0 Å². The molecule has 0 fully saturated rings. The van der Waals surface area contributed by atoms with Crippen molar-refractivity contribution in [1.82, 2.24) is 15.3 Å². The Hall–Kier alpha value is -3.31. The molecule has 232 valence electrons. The highest BCUT2D eigenvalue weighted by atomic mass is 32.1. The van der Waals surface area contributed by atoms with Gasteiger partial charge in [-0.05, 0) is 49.5 Å². The van der Waals surface area contributed by atoms with Gasteiger partial charge < -0.3 is 14.8 Å². The maximum absolute atomic E-state index is 14.0. The molecule has 3 N–H and O–H groups in total. The number of Topliss-reactive ketones (excluding diaryl/α,β-unsaturated/α-hetero) is 1. The van der Waals surface area contributed by atoms with Crippen LogP contribution < -0.4 is 11.2 Å². The van der Waals surface area contributed by atoms with Crippen LogP contribution in [0.25, 0.3) is 0 Å². The molecule has 11 heteroatoms. The van der Waals surface area contributed by atoms with E-state index in [-0.39, 0.29) is 42.4 Å². The molecule has 0 saturated heterocycles. The van der Waals surface area contributed by atoms with Gasteiger partial charge in [0.25, 0.3) is 0 Å². The molecule has 1 heterocycles. The predicted octanol–water partition coefficient (Wildman–Crippen LogP) is 5.68. The molecule has 1 aromatic carbocycles. The Kier molecular flexibility index (Phi) is 14.1. The third-order valence-corrected chi connectivity index (χ3v) is 7.34. The van der Waals surface area contributed by atoms with Crippen molar-refractivity contribution < 1.29 is 28.7 Å². The topological polar surface area (TPSA) is 141 Å². The fourth-order valence-corrected chi connectivity index (χ4v) is 5.32. The molecular weight excluding hydrogens is 556 g/mol. The van der Waals surface area contributed by atoms with Crippen molar-refractivity contribution in [3.63, 3.8) is 0 Å². The van der Waals surface area contributed by atoms with Gasteiger partial charge in [-0.1, -0.05) is 71.9 Å². The molecule has 1 aromatic heterocycles. The molecule has 0 aliphatic carbocycles. The fourth-order valence-electron chi connectivity index (χ4n) is 4.56. The third kappa shape index (κ3) is 10.8. The van der Waals surface area contributed by atoms with Crippen molar-refractivity contribution in [3.05, 3.63) is 52.0 Å². The summed E-state index contributed by atoms with van der Waals surface area (Å²) in [7, 11) is 0. The second-order valence-corrected chi connectivity index (χ2v) is 12.5. The lowest BCUT2D eigenvalue weighted by Gasteiger charge is -2.32. The highest BCUT2D eigenvalue weighted by Gasteiger charge is 2.39. The number of nitrogens with zero attached hydrogens (tertiary/aromatic N) is 2. The normalized spacial score (nSPS) is 13.5. The Bertz CT molecular complexity index is 1170. The summed E-state index contributed by atoms with van der Waals surface area (Å²) in [6, 6.07) is 7.63. The van der Waals surface area contributed by atoms with Gasteiger partial charge >= 0.3 is 12.1 Å². The van der Waals surface area contributed by atoms with Gasteiger partial charge in [-0.2, -0.15) is 0 Å². The first-order chi connectivity index (χ1) is 19.8. The van der Waals surface area contributed by atoms with Gasteiger partial charge in [0.15, 0.2) is 5.78 Å². The van der Waals surface area contributed by atoms with Crippen LogP contribution in [0.2, 0.25) is 0 Å². The van der Waals surface area contributed by atoms with Crippen LogP contribution in [0, 0.1) is 23.7 Å². The second kappa shape index (κ2) is 17.0. The Morgan fingerprint density at radius 1 is 0.929 bits per heavy atom. The molecule has 2 aromatic rings. The third-order valence-electron chi connectivity index (χ3n) is 6.50. The Morgan fingerprint density at radius 2 is 1.55 bits per heavy atom. The monoisotopic (exact) mass is 602 g/mol. The minimum atomic E-state index is -1.09. The summed E-state index contributed by atoms with van der Waals surface area (Å²) in [5, 5.41) is 5.65. The summed E-state index contributed by atoms with van der Waals surface area (Å²) in [4.78, 5) is 57.3. The zero-order valence-electron chi connectivity index (χ0n) is 25.8. The molecule has 3 atom stereocenters. The van der Waals surface area contributed by atoms with E-state index in [0.29, 0.717) is 18.5 Å². The van der Waals surface area contributed by atoms with E-state index >= 15 is 0 Å². The average Bonchev–Trinajstić information content (AvgIpc) is 3.42. The van der Waals surface area contributed by atoms with Gasteiger partial charge in [0.2, 0.25) is 10.9 Å². The van der Waals surface area contributed by atoms with Crippen molar-refractivity contribution in [1.29, 1.82) is 0 Å². The van der Waals surface area contributed by atoms with Crippen LogP contribution in [0.4, 0.5) is 4.79 Å². The molecule has 10 nitrogen and oxygen atoms in total. The number of aromatic nitrogens is 1. The molecule has 2 rings (SSSR count). The van der Waals surface area contributed by atoms with Gasteiger partial charge in [0.1, 0.15) is 12.5 Å². The van der Waals surface area contributed by atoms with Gasteiger partial charge in [0, 0.05) is 5.38 Å². The van der Waals surface area contributed by atoms with Gasteiger partial charge in [-0.3, -0.25) is 14.6 Å². The predicted molar refractivity (Wildman–Crippen MR) is 162 cm³/mol. The number of ether oxygens (including phenoxy) is 2. The number of hydrogen-bond acceptors (Lipinski definition) is 9. The van der Waals surface area contributed by atoms with E-state index in [9.17, 15) is 19.2 Å². The standard InChI is InChI=1S/C31H46N4O6S/c1-8-40-30(38)28-33-25(18-42-28)26(16-21(6)7)35(32)29(37)23(14-19(2)3)27(36)24(15-20(4)5)34-31(39)41-17-22-12-10-9-11-13-22/h9-13,18-21,23-24,26H,8,14-17,32H2,1-7H3,(H,34,39)/t23?,24-,26?/m0/s1. The Labute approximate surface area is 253 Å². The number of carbonyl (C=O) groups excluding carboxylic acids is 4. The van der Waals surface area contributed by atoms with Crippen LogP contribution in [0.3, 0.4) is 0 Å². The van der Waals surface area contributed by atoms with Crippen molar-refractivity contribution in [2.45, 2.75) is 86.4 Å². The van der Waals surface area contributed by atoms with Crippen molar-refractivity contribution in [2.75, 3.05) is 6.61 Å². The SMILES string of the molecule is CCOC(=O)c1nc(C(CC(C)C)N(N)C(=O)C(CC(C)C)C(=O)[C@H](CC(C)C)NC(=O)OCc2ccccc2)cs1. The summed E-state index contributed by atoms with van der Waals surface area (Å²) in [5.41, 5.74) is 1.28. The second-order valence-electron chi connectivity index (χ2n) is 11.7. The number of esters is 1. The average molecular weight is 603 g/mol. The van der Waals surface area contributed by atoms with Crippen LogP contribution >= 0.6 is 11.3 Å². The summed E-state index contributed by atoms with van der Waals surface area (Å²) >= 11 is 1.12. The minimum absolute atomic E-state index is 0.000676. The van der Waals surface area contributed by atoms with Gasteiger partial charge in [-0.25, -0.2) is 20.4 Å². The Balaban J connectivity index is 2.31. The number of hydrogen-bond donors (Lipinski definition) is 2. The molecule has 0 spiro atoms. The Morgan fingerprint density at radius 3 is 2.12 bits per heavy atom. The van der Waals surface area contributed by atoms with E-state index in [1.54, 1.807) is 12.3 Å². The smallest absolute Gasteiger partial charge is 0.408 e. The molecule has 0 saturated carbocycles. The molecule has 42 heavy (non-hydrogen) atoms. The van der Waals surface area contributed by atoms with Crippen molar-refractivity contribution in [3.8, 4) is 0 Å². The highest BCUT2D eigenvalue weighted by molar-refractivity contribution is 7.11. The first-order valence-corrected chi connectivity index (χ1v) is 15.4. The van der Waals surface area contributed by atoms with E-state index < -0.39 is 41.8 Å². The number of hydrazine groups is 1. The minimum Gasteiger partial charge on any atom is -0.461 e. The zero-order valence-corrected chi connectivity index (χ0v) is 26.6. The molecule has 2 amide bonds. The lowest BCUT2D eigenvalue weighted by molar-refractivity contribution is -0.145. The molecule has 0 radical (unpaired) electrons.